The van der Waals surface area contributed by atoms with E-state index in [0.29, 0.717) is 18.0 Å². The van der Waals surface area contributed by atoms with Gasteiger partial charge in [-0.05, 0) is 45.2 Å². The maximum absolute atomic E-state index is 12.1. The molecule has 0 spiro atoms. The molecule has 1 N–H and O–H groups in total. The topological polar surface area (TPSA) is 67.6 Å². The Morgan fingerprint density at radius 2 is 1.92 bits per heavy atom. The third-order valence-corrected chi connectivity index (χ3v) is 3.39. The lowest BCUT2D eigenvalue weighted by molar-refractivity contribution is -0.274. The van der Waals surface area contributed by atoms with Gasteiger partial charge in [0.05, 0.1) is 12.2 Å². The van der Waals surface area contributed by atoms with Crippen molar-refractivity contribution in [3.05, 3.63) is 41.3 Å². The fraction of sp³-hybridized carbons (Fsp3) is 0.375. The Labute approximate surface area is 142 Å². The van der Waals surface area contributed by atoms with Crippen LogP contribution in [0.25, 0.3) is 0 Å². The van der Waals surface area contributed by atoms with E-state index in [9.17, 15) is 18.0 Å². The zero-order chi connectivity index (χ0) is 18.6. The van der Waals surface area contributed by atoms with Crippen molar-refractivity contribution >= 4 is 11.6 Å². The summed E-state index contributed by atoms with van der Waals surface area (Å²) in [7, 11) is 1.77. The van der Waals surface area contributed by atoms with Gasteiger partial charge in [0.2, 0.25) is 5.91 Å². The first kappa shape index (κ1) is 18.8. The quantitative estimate of drug-likeness (QED) is 0.860. The van der Waals surface area contributed by atoms with Crippen molar-refractivity contribution in [3.8, 4) is 5.75 Å². The summed E-state index contributed by atoms with van der Waals surface area (Å²) in [5, 5.41) is 6.47. The van der Waals surface area contributed by atoms with Crippen LogP contribution in [-0.2, 0) is 11.3 Å². The maximum atomic E-state index is 12.1. The number of nitrogens with zero attached hydrogens (tertiary/aromatic N) is 2. The summed E-state index contributed by atoms with van der Waals surface area (Å²) in [5.41, 5.74) is 2.07. The molecule has 0 atom stereocenters. The minimum Gasteiger partial charge on any atom is -0.406 e. The smallest absolute Gasteiger partial charge is 0.406 e. The average Bonchev–Trinajstić information content (AvgIpc) is 2.79. The van der Waals surface area contributed by atoms with Gasteiger partial charge in [-0.3, -0.25) is 9.69 Å². The van der Waals surface area contributed by atoms with Crippen molar-refractivity contribution in [2.45, 2.75) is 26.8 Å². The van der Waals surface area contributed by atoms with Crippen LogP contribution in [0.15, 0.2) is 28.8 Å². The van der Waals surface area contributed by atoms with Crippen LogP contribution >= 0.6 is 0 Å². The molecular formula is C16H18F3N3O3. The second-order valence-corrected chi connectivity index (χ2v) is 5.60. The van der Waals surface area contributed by atoms with E-state index < -0.39 is 6.36 Å². The first-order chi connectivity index (χ1) is 11.6. The monoisotopic (exact) mass is 357 g/mol. The van der Waals surface area contributed by atoms with Crippen LogP contribution in [-0.4, -0.2) is 35.9 Å². The fourth-order valence-electron chi connectivity index (χ4n) is 2.24. The molecule has 0 aliphatic rings. The number of carbonyl (C=O) groups is 1. The molecule has 25 heavy (non-hydrogen) atoms. The molecule has 0 saturated carbocycles. The molecule has 1 aromatic carbocycles. The number of benzene rings is 1. The molecule has 1 heterocycles. The predicted molar refractivity (Wildman–Crippen MR) is 84.1 cm³/mol. The zero-order valence-electron chi connectivity index (χ0n) is 14.0. The molecule has 136 valence electrons. The third-order valence-electron chi connectivity index (χ3n) is 3.39. The molecule has 2 rings (SSSR count). The first-order valence-corrected chi connectivity index (χ1v) is 7.40. The summed E-state index contributed by atoms with van der Waals surface area (Å²) >= 11 is 0. The van der Waals surface area contributed by atoms with E-state index in [1.54, 1.807) is 18.9 Å². The Hall–Kier alpha value is -2.55. The number of amides is 1. The number of halogens is 3. The van der Waals surface area contributed by atoms with Crippen LogP contribution in [0.4, 0.5) is 18.9 Å². The molecule has 0 aliphatic heterocycles. The van der Waals surface area contributed by atoms with Gasteiger partial charge in [-0.1, -0.05) is 5.16 Å². The number of likely N-dealkylation sites (N-methyl/N-ethyl adjacent to an activating group) is 1. The summed E-state index contributed by atoms with van der Waals surface area (Å²) in [6, 6.07) is 4.95. The van der Waals surface area contributed by atoms with Crippen LogP contribution in [0.5, 0.6) is 5.75 Å². The summed E-state index contributed by atoms with van der Waals surface area (Å²) in [5.74, 6) is 0.0600. The lowest BCUT2D eigenvalue weighted by Crippen LogP contribution is -2.30. The minimum absolute atomic E-state index is 0.102. The number of rotatable bonds is 6. The number of hydrogen-bond donors (Lipinski definition) is 1. The van der Waals surface area contributed by atoms with Gasteiger partial charge < -0.3 is 14.6 Å². The van der Waals surface area contributed by atoms with Gasteiger partial charge in [0.15, 0.2) is 0 Å². The van der Waals surface area contributed by atoms with Crippen molar-refractivity contribution in [2.24, 2.45) is 0 Å². The molecule has 2 aromatic rings. The minimum atomic E-state index is -4.74. The number of anilines is 1. The molecule has 9 heteroatoms. The largest absolute Gasteiger partial charge is 0.573 e. The standard InChI is InChI=1S/C16H18F3N3O3/c1-10-14(11(2)25-21-10)8-22(3)9-15(23)20-12-4-6-13(7-5-12)24-16(17,18)19/h4-7H,8-9H2,1-3H3,(H,20,23). The highest BCUT2D eigenvalue weighted by Gasteiger charge is 2.30. The van der Waals surface area contributed by atoms with Gasteiger partial charge in [0.25, 0.3) is 0 Å². The highest BCUT2D eigenvalue weighted by atomic mass is 19.4. The normalized spacial score (nSPS) is 11.6. The molecular weight excluding hydrogens is 339 g/mol. The Morgan fingerprint density at radius 1 is 1.28 bits per heavy atom. The van der Waals surface area contributed by atoms with Crippen LogP contribution in [0, 0.1) is 13.8 Å². The lowest BCUT2D eigenvalue weighted by Gasteiger charge is -2.16. The second kappa shape index (κ2) is 7.56. The van der Waals surface area contributed by atoms with E-state index in [4.69, 9.17) is 4.52 Å². The van der Waals surface area contributed by atoms with Gasteiger partial charge in [-0.15, -0.1) is 13.2 Å². The molecule has 1 amide bonds. The first-order valence-electron chi connectivity index (χ1n) is 7.40. The molecule has 0 radical (unpaired) electrons. The zero-order valence-corrected chi connectivity index (χ0v) is 14.0. The fourth-order valence-corrected chi connectivity index (χ4v) is 2.24. The van der Waals surface area contributed by atoms with Crippen molar-refractivity contribution in [1.29, 1.82) is 0 Å². The van der Waals surface area contributed by atoms with E-state index in [0.717, 1.165) is 23.4 Å². The predicted octanol–water partition coefficient (Wildman–Crippen LogP) is 3.26. The summed E-state index contributed by atoms with van der Waals surface area (Å²) in [6.45, 7) is 4.22. The van der Waals surface area contributed by atoms with Gasteiger partial charge in [0, 0.05) is 17.8 Å². The molecule has 6 nitrogen and oxygen atoms in total. The highest BCUT2D eigenvalue weighted by Crippen LogP contribution is 2.24. The van der Waals surface area contributed by atoms with Crippen molar-refractivity contribution < 1.29 is 27.2 Å². The summed E-state index contributed by atoms with van der Waals surface area (Å²) < 4.78 is 45.1. The molecule has 0 aliphatic carbocycles. The van der Waals surface area contributed by atoms with E-state index >= 15 is 0 Å². The summed E-state index contributed by atoms with van der Waals surface area (Å²) in [4.78, 5) is 13.8. The third kappa shape index (κ3) is 5.79. The van der Waals surface area contributed by atoms with Gasteiger partial charge in [-0.25, -0.2) is 0 Å². The number of ether oxygens (including phenoxy) is 1. The van der Waals surface area contributed by atoms with Crippen LogP contribution in [0.2, 0.25) is 0 Å². The number of carbonyl (C=O) groups excluding carboxylic acids is 1. The highest BCUT2D eigenvalue weighted by molar-refractivity contribution is 5.92. The molecule has 0 saturated heterocycles. The number of alkyl halides is 3. The molecule has 1 aromatic heterocycles. The molecule has 0 unspecified atom stereocenters. The Bertz CT molecular complexity index is 707. The second-order valence-electron chi connectivity index (χ2n) is 5.60. The molecule has 0 bridgehead atoms. The Kier molecular flexibility index (Phi) is 5.68. The maximum Gasteiger partial charge on any atom is 0.573 e. The Balaban J connectivity index is 1.87. The van der Waals surface area contributed by atoms with E-state index in [-0.39, 0.29) is 18.2 Å². The Morgan fingerprint density at radius 3 is 2.44 bits per heavy atom. The lowest BCUT2D eigenvalue weighted by atomic mass is 10.2. The van der Waals surface area contributed by atoms with Crippen LogP contribution in [0.3, 0.4) is 0 Å². The van der Waals surface area contributed by atoms with E-state index in [1.165, 1.54) is 12.1 Å². The summed E-state index contributed by atoms with van der Waals surface area (Å²) in [6.07, 6.45) is -4.74. The van der Waals surface area contributed by atoms with Gasteiger partial charge in [0.1, 0.15) is 11.5 Å². The van der Waals surface area contributed by atoms with Gasteiger partial charge in [-0.2, -0.15) is 0 Å². The van der Waals surface area contributed by atoms with E-state index in [1.807, 2.05) is 6.92 Å². The number of aromatic nitrogens is 1. The van der Waals surface area contributed by atoms with Gasteiger partial charge >= 0.3 is 6.36 Å². The van der Waals surface area contributed by atoms with Crippen molar-refractivity contribution in [1.82, 2.24) is 10.1 Å². The average molecular weight is 357 g/mol. The van der Waals surface area contributed by atoms with Crippen LogP contribution < -0.4 is 10.1 Å². The van der Waals surface area contributed by atoms with E-state index in [2.05, 4.69) is 15.2 Å². The number of nitrogens with one attached hydrogen (secondary N) is 1. The number of hydrogen-bond acceptors (Lipinski definition) is 5. The van der Waals surface area contributed by atoms with Crippen molar-refractivity contribution in [2.75, 3.05) is 18.9 Å². The SMILES string of the molecule is Cc1noc(C)c1CN(C)CC(=O)Nc1ccc(OC(F)(F)F)cc1. The van der Waals surface area contributed by atoms with Crippen LogP contribution in [0.1, 0.15) is 17.0 Å². The van der Waals surface area contributed by atoms with Crippen molar-refractivity contribution in [3.63, 3.8) is 0 Å². The number of aryl methyl sites for hydroxylation is 2. The molecule has 0 fully saturated rings.